The molecule has 2 atom stereocenters. The fourth-order valence-corrected chi connectivity index (χ4v) is 5.97. The Hall–Kier alpha value is -3.76. The molecule has 16 heteroatoms. The van der Waals surface area contributed by atoms with Crippen LogP contribution in [0.3, 0.4) is 0 Å². The lowest BCUT2D eigenvalue weighted by Crippen LogP contribution is -2.62. The summed E-state index contributed by atoms with van der Waals surface area (Å²) in [6, 6.07) is 4.77. The van der Waals surface area contributed by atoms with Crippen LogP contribution in [0, 0.1) is 11.6 Å². The standard InChI is InChI=1S/C24H21F5N4O6S/c1-37-20-9-14(13-2-3-16(25)15(8-13)24(27,28)29)17(26)10-19(20)33-18-4-6-32(11-21(18)38-12-23(33)34)40(35,36)31-22-5-7-39-30-22/h2-3,5,7-10,18,21H,4,6,11-12H2,1H3,(H,30,31)/t18-,21-/m0/s1. The van der Waals surface area contributed by atoms with Gasteiger partial charge in [-0.2, -0.15) is 25.9 Å². The summed E-state index contributed by atoms with van der Waals surface area (Å²) in [5.41, 5.74) is -2.12. The smallest absolute Gasteiger partial charge is 0.419 e. The maximum atomic E-state index is 15.4. The molecule has 1 aromatic heterocycles. The van der Waals surface area contributed by atoms with E-state index < -0.39 is 58.2 Å². The van der Waals surface area contributed by atoms with E-state index in [2.05, 4.69) is 14.4 Å². The minimum Gasteiger partial charge on any atom is -0.495 e. The van der Waals surface area contributed by atoms with Gasteiger partial charge in [-0.3, -0.25) is 9.52 Å². The molecule has 0 saturated carbocycles. The molecule has 3 heterocycles. The third kappa shape index (κ3) is 5.21. The van der Waals surface area contributed by atoms with Crippen molar-refractivity contribution in [3.05, 3.63) is 59.9 Å². The van der Waals surface area contributed by atoms with E-state index in [0.717, 1.165) is 22.5 Å². The van der Waals surface area contributed by atoms with Crippen LogP contribution in [-0.4, -0.2) is 62.7 Å². The average molecular weight is 589 g/mol. The highest BCUT2D eigenvalue weighted by atomic mass is 32.2. The Bertz CT molecular complexity index is 1530. The van der Waals surface area contributed by atoms with Crippen molar-refractivity contribution in [3.63, 3.8) is 0 Å². The van der Waals surface area contributed by atoms with E-state index in [1.54, 1.807) is 0 Å². The zero-order valence-electron chi connectivity index (χ0n) is 20.6. The Balaban J connectivity index is 1.45. The van der Waals surface area contributed by atoms with Gasteiger partial charge in [-0.25, -0.2) is 8.78 Å². The molecule has 1 N–H and O–H groups in total. The van der Waals surface area contributed by atoms with Crippen molar-refractivity contribution in [2.45, 2.75) is 24.7 Å². The number of carbonyl (C=O) groups is 1. The Morgan fingerprint density at radius 3 is 2.58 bits per heavy atom. The summed E-state index contributed by atoms with van der Waals surface area (Å²) in [6.07, 6.45) is -4.49. The number of nitrogens with one attached hydrogen (secondary N) is 1. The fourth-order valence-electron chi connectivity index (χ4n) is 4.79. The molecule has 2 fully saturated rings. The van der Waals surface area contributed by atoms with Gasteiger partial charge in [-0.15, -0.1) is 0 Å². The van der Waals surface area contributed by atoms with Crippen molar-refractivity contribution in [2.75, 3.05) is 36.4 Å². The van der Waals surface area contributed by atoms with Gasteiger partial charge in [-0.05, 0) is 30.2 Å². The second kappa shape index (κ2) is 10.3. The minimum absolute atomic E-state index is 0.0118. The molecule has 2 aliphatic heterocycles. The van der Waals surface area contributed by atoms with Crippen LogP contribution in [0.2, 0.25) is 0 Å². The SMILES string of the molecule is COc1cc(-c2ccc(F)c(C(F)(F)F)c2)c(F)cc1N1C(=O)CO[C@H]2CN(S(=O)(=O)Nc3ccon3)CC[C@@H]21. The van der Waals surface area contributed by atoms with E-state index in [4.69, 9.17) is 9.47 Å². The first-order valence-corrected chi connectivity index (χ1v) is 13.2. The van der Waals surface area contributed by atoms with Crippen molar-refractivity contribution in [1.29, 1.82) is 0 Å². The first kappa shape index (κ1) is 27.8. The molecule has 5 rings (SSSR count). The van der Waals surface area contributed by atoms with Gasteiger partial charge < -0.3 is 18.9 Å². The number of hydrogen-bond donors (Lipinski definition) is 1. The monoisotopic (exact) mass is 588 g/mol. The molecular formula is C24H21F5N4O6S. The minimum atomic E-state index is -5.00. The lowest BCUT2D eigenvalue weighted by Gasteiger charge is -2.46. The van der Waals surface area contributed by atoms with Crippen molar-refractivity contribution >= 4 is 27.6 Å². The molecule has 1 amide bonds. The van der Waals surface area contributed by atoms with Gasteiger partial charge in [0.2, 0.25) is 0 Å². The summed E-state index contributed by atoms with van der Waals surface area (Å²) >= 11 is 0. The molecule has 2 aliphatic rings. The second-order valence-corrected chi connectivity index (χ2v) is 10.7. The van der Waals surface area contributed by atoms with Crippen molar-refractivity contribution in [1.82, 2.24) is 9.46 Å². The number of nitrogens with zero attached hydrogens (tertiary/aromatic N) is 3. The third-order valence-corrected chi connectivity index (χ3v) is 8.11. The number of morpholine rings is 1. The third-order valence-electron chi connectivity index (χ3n) is 6.63. The fraction of sp³-hybridized carbons (Fsp3) is 0.333. The van der Waals surface area contributed by atoms with Crippen LogP contribution in [0.5, 0.6) is 5.75 Å². The molecule has 0 unspecified atom stereocenters. The Kier molecular flexibility index (Phi) is 7.18. The topological polar surface area (TPSA) is 114 Å². The Morgan fingerprint density at radius 2 is 1.90 bits per heavy atom. The zero-order valence-corrected chi connectivity index (χ0v) is 21.4. The number of alkyl halides is 3. The number of benzene rings is 2. The van der Waals surface area contributed by atoms with Crippen molar-refractivity contribution in [3.8, 4) is 16.9 Å². The van der Waals surface area contributed by atoms with Crippen molar-refractivity contribution in [2.24, 2.45) is 0 Å². The van der Waals surface area contributed by atoms with Gasteiger partial charge in [-0.1, -0.05) is 11.2 Å². The first-order chi connectivity index (χ1) is 18.9. The van der Waals surface area contributed by atoms with Crippen LogP contribution < -0.4 is 14.4 Å². The lowest BCUT2D eigenvalue weighted by atomic mass is 9.97. The highest BCUT2D eigenvalue weighted by molar-refractivity contribution is 7.90. The van der Waals surface area contributed by atoms with E-state index in [0.29, 0.717) is 12.1 Å². The van der Waals surface area contributed by atoms with E-state index >= 15 is 4.39 Å². The second-order valence-electron chi connectivity index (χ2n) is 9.02. The van der Waals surface area contributed by atoms with Gasteiger partial charge in [0, 0.05) is 30.8 Å². The van der Waals surface area contributed by atoms with Gasteiger partial charge in [0.1, 0.15) is 30.3 Å². The summed E-state index contributed by atoms with van der Waals surface area (Å²) in [4.78, 5) is 14.2. The molecule has 0 spiro atoms. The summed E-state index contributed by atoms with van der Waals surface area (Å²) in [7, 11) is -2.80. The highest BCUT2D eigenvalue weighted by Gasteiger charge is 2.45. The molecule has 214 valence electrons. The number of fused-ring (bicyclic) bond motifs is 1. The van der Waals surface area contributed by atoms with E-state index in [9.17, 15) is 30.8 Å². The van der Waals surface area contributed by atoms with E-state index in [1.165, 1.54) is 24.3 Å². The predicted octanol–water partition coefficient (Wildman–Crippen LogP) is 3.81. The number of anilines is 2. The molecule has 2 saturated heterocycles. The number of carbonyl (C=O) groups excluding carboxylic acids is 1. The summed E-state index contributed by atoms with van der Waals surface area (Å²) in [5.74, 6) is -3.10. The van der Waals surface area contributed by atoms with Gasteiger partial charge in [0.15, 0.2) is 5.82 Å². The average Bonchev–Trinajstić information content (AvgIpc) is 3.40. The summed E-state index contributed by atoms with van der Waals surface area (Å²) in [5, 5.41) is 3.52. The van der Waals surface area contributed by atoms with Crippen LogP contribution >= 0.6 is 0 Å². The number of ether oxygens (including phenoxy) is 2. The molecule has 0 aliphatic carbocycles. The van der Waals surface area contributed by atoms with E-state index in [1.807, 2.05) is 0 Å². The molecule has 3 aromatic rings. The normalized spacial score (nSPS) is 20.4. The number of methoxy groups -OCH3 is 1. The number of rotatable bonds is 6. The van der Waals surface area contributed by atoms with Crippen molar-refractivity contribution < 1.29 is 49.2 Å². The van der Waals surface area contributed by atoms with Crippen LogP contribution in [-0.2, 0) is 25.9 Å². The number of aromatic nitrogens is 1. The van der Waals surface area contributed by atoms with Gasteiger partial charge >= 0.3 is 16.4 Å². The molecule has 10 nitrogen and oxygen atoms in total. The number of hydrogen-bond acceptors (Lipinski definition) is 7. The van der Waals surface area contributed by atoms with Crippen LogP contribution in [0.1, 0.15) is 12.0 Å². The molecule has 40 heavy (non-hydrogen) atoms. The first-order valence-electron chi connectivity index (χ1n) is 11.8. The quantitative estimate of drug-likeness (QED) is 0.436. The maximum absolute atomic E-state index is 15.4. The Morgan fingerprint density at radius 1 is 1.12 bits per heavy atom. The van der Waals surface area contributed by atoms with Crippen LogP contribution in [0.4, 0.5) is 33.5 Å². The molecule has 0 bridgehead atoms. The number of amides is 1. The molecule has 0 radical (unpaired) electrons. The maximum Gasteiger partial charge on any atom is 0.419 e. The summed E-state index contributed by atoms with van der Waals surface area (Å²) < 4.78 is 113. The molecule has 2 aromatic carbocycles. The molecular weight excluding hydrogens is 567 g/mol. The predicted molar refractivity (Wildman–Crippen MR) is 130 cm³/mol. The van der Waals surface area contributed by atoms with E-state index in [-0.39, 0.29) is 47.9 Å². The number of halogens is 5. The number of piperidine rings is 1. The zero-order chi connectivity index (χ0) is 28.8. The van der Waals surface area contributed by atoms with Gasteiger partial charge in [0.05, 0.1) is 30.5 Å². The summed E-state index contributed by atoms with van der Waals surface area (Å²) in [6.45, 7) is -0.605. The van der Waals surface area contributed by atoms with Gasteiger partial charge in [0.25, 0.3) is 5.91 Å². The Labute approximate surface area is 224 Å². The van der Waals surface area contributed by atoms with Crippen LogP contribution in [0.25, 0.3) is 11.1 Å². The van der Waals surface area contributed by atoms with Crippen LogP contribution in [0.15, 0.2) is 47.2 Å². The lowest BCUT2D eigenvalue weighted by molar-refractivity contribution is -0.140. The highest BCUT2D eigenvalue weighted by Crippen LogP contribution is 2.41. The largest absolute Gasteiger partial charge is 0.495 e.